The van der Waals surface area contributed by atoms with Gasteiger partial charge in [0.2, 0.25) is 0 Å². The van der Waals surface area contributed by atoms with Crippen molar-refractivity contribution in [1.82, 2.24) is 0 Å². The fourth-order valence-corrected chi connectivity index (χ4v) is 2.00. The molecule has 2 nitrogen and oxygen atoms in total. The molecular formula is C10H17NO. The largest absolute Gasteiger partial charge is 0.151 e. The number of hydrogen-bond acceptors (Lipinski definition) is 2. The lowest BCUT2D eigenvalue weighted by Crippen LogP contribution is -2.22. The van der Waals surface area contributed by atoms with Gasteiger partial charge in [0.1, 0.15) is 0 Å². The summed E-state index contributed by atoms with van der Waals surface area (Å²) in [5, 5.41) is 3.20. The van der Waals surface area contributed by atoms with Crippen LogP contribution in [0, 0.1) is 10.8 Å². The van der Waals surface area contributed by atoms with Crippen LogP contribution < -0.4 is 0 Å². The second kappa shape index (κ2) is 5.07. The molecule has 1 aliphatic rings. The minimum Gasteiger partial charge on any atom is -0.151 e. The normalized spacial score (nSPS) is 29.7. The van der Waals surface area contributed by atoms with Crippen molar-refractivity contribution < 1.29 is 0 Å². The molecule has 0 spiro atoms. The van der Waals surface area contributed by atoms with E-state index in [0.29, 0.717) is 5.92 Å². The minimum absolute atomic E-state index is 0.0960. The van der Waals surface area contributed by atoms with Crippen LogP contribution in [-0.2, 0) is 0 Å². The molecule has 1 fully saturated rings. The number of nitroso groups, excluding NO2 is 1. The van der Waals surface area contributed by atoms with Crippen LogP contribution in [0.25, 0.3) is 0 Å². The lowest BCUT2D eigenvalue weighted by atomic mass is 9.82. The Labute approximate surface area is 74.0 Å². The van der Waals surface area contributed by atoms with Crippen LogP contribution in [0.1, 0.15) is 38.5 Å². The summed E-state index contributed by atoms with van der Waals surface area (Å²) >= 11 is 0. The molecule has 1 rings (SSSR count). The lowest BCUT2D eigenvalue weighted by Gasteiger charge is -2.25. The Morgan fingerprint density at radius 3 is 2.83 bits per heavy atom. The van der Waals surface area contributed by atoms with E-state index in [4.69, 9.17) is 0 Å². The Morgan fingerprint density at radius 1 is 1.42 bits per heavy atom. The van der Waals surface area contributed by atoms with E-state index in [0.717, 1.165) is 19.3 Å². The number of nitrogens with zero attached hydrogens (tertiary/aromatic N) is 1. The maximum atomic E-state index is 10.5. The van der Waals surface area contributed by atoms with Gasteiger partial charge in [-0.3, -0.25) is 0 Å². The molecule has 2 unspecified atom stereocenters. The van der Waals surface area contributed by atoms with Crippen molar-refractivity contribution in [3.8, 4) is 0 Å². The number of rotatable bonds is 4. The molecule has 1 saturated carbocycles. The molecule has 0 aromatic carbocycles. The molecule has 0 amide bonds. The Bertz CT molecular complexity index is 156. The topological polar surface area (TPSA) is 29.4 Å². The fourth-order valence-electron chi connectivity index (χ4n) is 2.00. The van der Waals surface area contributed by atoms with Crippen molar-refractivity contribution >= 4 is 0 Å². The molecule has 0 aromatic heterocycles. The first-order valence-electron chi connectivity index (χ1n) is 4.82. The third-order valence-corrected chi connectivity index (χ3v) is 2.75. The van der Waals surface area contributed by atoms with Crippen molar-refractivity contribution in [3.63, 3.8) is 0 Å². The van der Waals surface area contributed by atoms with Crippen molar-refractivity contribution in [3.05, 3.63) is 17.6 Å². The molecule has 0 radical (unpaired) electrons. The van der Waals surface area contributed by atoms with Crippen molar-refractivity contribution in [2.75, 3.05) is 0 Å². The Balaban J connectivity index is 2.35. The summed E-state index contributed by atoms with van der Waals surface area (Å²) < 4.78 is 0. The predicted octanol–water partition coefficient (Wildman–Crippen LogP) is 3.28. The zero-order chi connectivity index (χ0) is 8.81. The highest BCUT2D eigenvalue weighted by molar-refractivity contribution is 4.82. The van der Waals surface area contributed by atoms with E-state index in [2.05, 4.69) is 11.8 Å². The molecule has 68 valence electrons. The highest BCUT2D eigenvalue weighted by Crippen LogP contribution is 2.30. The molecule has 0 N–H and O–H groups in total. The Morgan fingerprint density at radius 2 is 2.17 bits per heavy atom. The first-order chi connectivity index (χ1) is 5.88. The lowest BCUT2D eigenvalue weighted by molar-refractivity contribution is 0.293. The van der Waals surface area contributed by atoms with Gasteiger partial charge in [-0.25, -0.2) is 0 Å². The highest BCUT2D eigenvalue weighted by Gasteiger charge is 2.24. The monoisotopic (exact) mass is 167 g/mol. The van der Waals surface area contributed by atoms with E-state index < -0.39 is 0 Å². The zero-order valence-corrected chi connectivity index (χ0v) is 7.54. The van der Waals surface area contributed by atoms with E-state index in [1.54, 1.807) is 0 Å². The molecule has 0 aromatic rings. The summed E-state index contributed by atoms with van der Waals surface area (Å²) in [5.41, 5.74) is 0. The van der Waals surface area contributed by atoms with Crippen LogP contribution in [0.3, 0.4) is 0 Å². The molecule has 0 heterocycles. The van der Waals surface area contributed by atoms with Crippen molar-refractivity contribution in [1.29, 1.82) is 0 Å². The smallest absolute Gasteiger partial charge is 0.0947 e. The Hall–Kier alpha value is -0.660. The third-order valence-electron chi connectivity index (χ3n) is 2.75. The average Bonchev–Trinajstić information content (AvgIpc) is 2.15. The molecule has 2 atom stereocenters. The van der Waals surface area contributed by atoms with E-state index in [1.165, 1.54) is 19.3 Å². The standard InChI is InChI=1S/C10H17NO/c1-2-3-6-9-7-4-5-8-10(9)11-12/h2,9-10H,1,3-8H2. The first-order valence-corrected chi connectivity index (χ1v) is 4.82. The molecule has 0 bridgehead atoms. The van der Waals surface area contributed by atoms with Gasteiger partial charge < -0.3 is 0 Å². The van der Waals surface area contributed by atoms with Crippen molar-refractivity contribution in [2.45, 2.75) is 44.6 Å². The predicted molar refractivity (Wildman–Crippen MR) is 51.0 cm³/mol. The number of hydrogen-bond donors (Lipinski definition) is 0. The summed E-state index contributed by atoms with van der Waals surface area (Å²) in [5.74, 6) is 0.536. The maximum absolute atomic E-state index is 10.5. The van der Waals surface area contributed by atoms with Gasteiger partial charge in [-0.2, -0.15) is 4.91 Å². The van der Waals surface area contributed by atoms with E-state index in [9.17, 15) is 4.91 Å². The second-order valence-electron chi connectivity index (χ2n) is 3.58. The first kappa shape index (κ1) is 9.43. The summed E-state index contributed by atoms with van der Waals surface area (Å²) in [6, 6.07) is 0.0960. The highest BCUT2D eigenvalue weighted by atomic mass is 16.3. The van der Waals surface area contributed by atoms with E-state index in [-0.39, 0.29) is 6.04 Å². The van der Waals surface area contributed by atoms with Crippen LogP contribution in [0.4, 0.5) is 0 Å². The SMILES string of the molecule is C=CCCC1CCCCC1N=O. The Kier molecular flexibility index (Phi) is 3.98. The van der Waals surface area contributed by atoms with Crippen LogP contribution in [0.5, 0.6) is 0 Å². The molecule has 2 heteroatoms. The third kappa shape index (κ3) is 2.43. The molecule has 12 heavy (non-hydrogen) atoms. The van der Waals surface area contributed by atoms with Gasteiger partial charge in [-0.1, -0.05) is 24.1 Å². The van der Waals surface area contributed by atoms with Crippen molar-refractivity contribution in [2.24, 2.45) is 11.1 Å². The summed E-state index contributed by atoms with van der Waals surface area (Å²) in [7, 11) is 0. The van der Waals surface area contributed by atoms with Gasteiger partial charge in [0.15, 0.2) is 0 Å². The molecule has 1 aliphatic carbocycles. The minimum atomic E-state index is 0.0960. The van der Waals surface area contributed by atoms with E-state index >= 15 is 0 Å². The zero-order valence-electron chi connectivity index (χ0n) is 7.54. The molecule has 0 saturated heterocycles. The number of allylic oxidation sites excluding steroid dienone is 1. The van der Waals surface area contributed by atoms with Crippen LogP contribution in [0.2, 0.25) is 0 Å². The van der Waals surface area contributed by atoms with Crippen LogP contribution in [0.15, 0.2) is 17.8 Å². The van der Waals surface area contributed by atoms with Gasteiger partial charge in [0.25, 0.3) is 0 Å². The van der Waals surface area contributed by atoms with Crippen LogP contribution >= 0.6 is 0 Å². The van der Waals surface area contributed by atoms with Gasteiger partial charge in [-0.15, -0.1) is 6.58 Å². The summed E-state index contributed by atoms with van der Waals surface area (Å²) in [6.45, 7) is 3.69. The second-order valence-corrected chi connectivity index (χ2v) is 3.58. The maximum Gasteiger partial charge on any atom is 0.0947 e. The fraction of sp³-hybridized carbons (Fsp3) is 0.800. The molecule has 0 aliphatic heterocycles. The van der Waals surface area contributed by atoms with Gasteiger partial charge >= 0.3 is 0 Å². The quantitative estimate of drug-likeness (QED) is 0.466. The summed E-state index contributed by atoms with van der Waals surface area (Å²) in [6.07, 6.45) is 8.69. The van der Waals surface area contributed by atoms with Crippen LogP contribution in [-0.4, -0.2) is 6.04 Å². The van der Waals surface area contributed by atoms with Gasteiger partial charge in [0, 0.05) is 0 Å². The van der Waals surface area contributed by atoms with E-state index in [1.807, 2.05) is 6.08 Å². The average molecular weight is 167 g/mol. The van der Waals surface area contributed by atoms with Gasteiger partial charge in [0.05, 0.1) is 6.04 Å². The summed E-state index contributed by atoms with van der Waals surface area (Å²) in [4.78, 5) is 10.5. The van der Waals surface area contributed by atoms with Gasteiger partial charge in [-0.05, 0) is 31.6 Å². The molecular weight excluding hydrogens is 150 g/mol.